The Morgan fingerprint density at radius 3 is 2.06 bits per heavy atom. The molecule has 0 aliphatic carbocycles. The molecule has 0 spiro atoms. The summed E-state index contributed by atoms with van der Waals surface area (Å²) in [5.74, 6) is -1.07. The van der Waals surface area contributed by atoms with Crippen LogP contribution in [0.4, 0.5) is 46.9 Å². The van der Waals surface area contributed by atoms with E-state index in [4.69, 9.17) is 9.84 Å². The van der Waals surface area contributed by atoms with Gasteiger partial charge in [-0.05, 0) is 42.7 Å². The molecular weight excluding hydrogens is 477 g/mol. The van der Waals surface area contributed by atoms with E-state index < -0.39 is 35.6 Å². The van der Waals surface area contributed by atoms with E-state index in [2.05, 4.69) is 5.32 Å². The van der Waals surface area contributed by atoms with Crippen molar-refractivity contribution in [2.24, 2.45) is 0 Å². The molecule has 13 heteroatoms. The lowest BCUT2D eigenvalue weighted by Crippen LogP contribution is -2.50. The summed E-state index contributed by atoms with van der Waals surface area (Å²) in [5.41, 5.74) is -8.09. The number of amides is 2. The molecule has 0 radical (unpaired) electrons. The van der Waals surface area contributed by atoms with Gasteiger partial charge in [0.25, 0.3) is 5.91 Å². The van der Waals surface area contributed by atoms with Crippen molar-refractivity contribution in [3.8, 4) is 5.75 Å². The molecule has 0 unspecified atom stereocenters. The molecule has 2 aromatic carbocycles. The SMILES string of the molecule is CCc1cc(C(F)(C(F)(F)F)C(F)(F)F)cc(C)c1NC(=O)c1cccc(NC(=O)O)c1OC. The van der Waals surface area contributed by atoms with Crippen LogP contribution in [-0.4, -0.2) is 36.6 Å². The predicted octanol–water partition coefficient (Wildman–Crippen LogP) is 6.20. The molecule has 3 N–H and O–H groups in total. The average Bonchev–Trinajstić information content (AvgIpc) is 2.71. The highest BCUT2D eigenvalue weighted by Gasteiger charge is 2.73. The van der Waals surface area contributed by atoms with E-state index in [1.54, 1.807) is 0 Å². The van der Waals surface area contributed by atoms with Gasteiger partial charge in [0.05, 0.1) is 18.4 Å². The maximum atomic E-state index is 14.5. The van der Waals surface area contributed by atoms with Gasteiger partial charge >= 0.3 is 24.1 Å². The lowest BCUT2D eigenvalue weighted by atomic mass is 9.89. The second-order valence-corrected chi connectivity index (χ2v) is 7.11. The molecule has 2 amide bonds. The summed E-state index contributed by atoms with van der Waals surface area (Å²) in [5, 5.41) is 13.3. The molecule has 0 aliphatic rings. The first-order valence-corrected chi connectivity index (χ1v) is 9.53. The number of benzene rings is 2. The Kier molecular flexibility index (Phi) is 7.38. The van der Waals surface area contributed by atoms with Gasteiger partial charge in [0, 0.05) is 11.3 Å². The molecule has 186 valence electrons. The molecule has 2 rings (SSSR count). The van der Waals surface area contributed by atoms with Crippen LogP contribution in [0.25, 0.3) is 0 Å². The van der Waals surface area contributed by atoms with Crippen molar-refractivity contribution < 1.29 is 50.2 Å². The molecule has 2 aromatic rings. The Bertz CT molecular complexity index is 1080. The number of carbonyl (C=O) groups is 2. The Morgan fingerprint density at radius 2 is 1.59 bits per heavy atom. The number of aryl methyl sites for hydroxylation is 2. The van der Waals surface area contributed by atoms with E-state index in [9.17, 15) is 40.3 Å². The number of carbonyl (C=O) groups excluding carboxylic acids is 1. The number of nitrogens with one attached hydrogen (secondary N) is 2. The third-order valence-corrected chi connectivity index (χ3v) is 4.92. The van der Waals surface area contributed by atoms with Crippen LogP contribution >= 0.6 is 0 Å². The van der Waals surface area contributed by atoms with Crippen LogP contribution < -0.4 is 15.4 Å². The minimum absolute atomic E-state index is 0.0806. The van der Waals surface area contributed by atoms with Crippen LogP contribution in [0.5, 0.6) is 5.75 Å². The molecule has 0 aromatic heterocycles. The Labute approximate surface area is 188 Å². The van der Waals surface area contributed by atoms with Crippen LogP contribution in [0.3, 0.4) is 0 Å². The van der Waals surface area contributed by atoms with Crippen LogP contribution in [0.1, 0.15) is 34.0 Å². The number of hydrogen-bond acceptors (Lipinski definition) is 3. The highest BCUT2D eigenvalue weighted by molar-refractivity contribution is 6.08. The largest absolute Gasteiger partial charge is 0.494 e. The van der Waals surface area contributed by atoms with E-state index in [0.29, 0.717) is 12.1 Å². The average molecular weight is 496 g/mol. The highest BCUT2D eigenvalue weighted by atomic mass is 19.4. The second kappa shape index (κ2) is 9.39. The van der Waals surface area contributed by atoms with Crippen LogP contribution in [-0.2, 0) is 12.1 Å². The predicted molar refractivity (Wildman–Crippen MR) is 108 cm³/mol. The first kappa shape index (κ1) is 26.7. The van der Waals surface area contributed by atoms with Crippen molar-refractivity contribution in [3.05, 3.63) is 52.6 Å². The van der Waals surface area contributed by atoms with Crippen LogP contribution in [0.15, 0.2) is 30.3 Å². The molecule has 0 bridgehead atoms. The molecule has 0 saturated heterocycles. The van der Waals surface area contributed by atoms with Crippen molar-refractivity contribution in [1.29, 1.82) is 0 Å². The zero-order valence-electron chi connectivity index (χ0n) is 17.9. The van der Waals surface area contributed by atoms with Crippen molar-refractivity contribution in [2.45, 2.75) is 38.3 Å². The third kappa shape index (κ3) is 4.87. The zero-order valence-corrected chi connectivity index (χ0v) is 17.9. The number of ether oxygens (including phenoxy) is 1. The maximum absolute atomic E-state index is 14.5. The fourth-order valence-electron chi connectivity index (χ4n) is 3.34. The van der Waals surface area contributed by atoms with E-state index in [1.807, 2.05) is 5.32 Å². The summed E-state index contributed by atoms with van der Waals surface area (Å²) in [6, 6.07) is 4.66. The standard InChI is InChI=1S/C21H19F7N2O4/c1-4-11-9-12(19(22,20(23,24)25)21(26,27)28)8-10(2)15(11)30-17(31)13-6-5-7-14(16(13)34-3)29-18(32)33/h5-9,29H,4H2,1-3H3,(H,30,31)(H,32,33). The van der Waals surface area contributed by atoms with Gasteiger partial charge < -0.3 is 15.2 Å². The minimum Gasteiger partial charge on any atom is -0.494 e. The number of para-hydroxylation sites is 1. The first-order valence-electron chi connectivity index (χ1n) is 9.53. The van der Waals surface area contributed by atoms with E-state index in [0.717, 1.165) is 14.0 Å². The highest BCUT2D eigenvalue weighted by Crippen LogP contribution is 2.54. The minimum atomic E-state index is -6.28. The van der Waals surface area contributed by atoms with Gasteiger partial charge in [-0.3, -0.25) is 10.1 Å². The second-order valence-electron chi connectivity index (χ2n) is 7.11. The van der Waals surface area contributed by atoms with Gasteiger partial charge in [-0.25, -0.2) is 9.18 Å². The van der Waals surface area contributed by atoms with Gasteiger partial charge in [-0.15, -0.1) is 0 Å². The summed E-state index contributed by atoms with van der Waals surface area (Å²) >= 11 is 0. The van der Waals surface area contributed by atoms with Crippen molar-refractivity contribution in [3.63, 3.8) is 0 Å². The third-order valence-electron chi connectivity index (χ3n) is 4.92. The lowest BCUT2D eigenvalue weighted by Gasteiger charge is -2.31. The fourth-order valence-corrected chi connectivity index (χ4v) is 3.34. The summed E-state index contributed by atoms with van der Waals surface area (Å²) in [4.78, 5) is 23.8. The molecule has 34 heavy (non-hydrogen) atoms. The quantitative estimate of drug-likeness (QED) is 0.416. The molecule has 0 atom stereocenters. The van der Waals surface area contributed by atoms with E-state index >= 15 is 0 Å². The molecule has 6 nitrogen and oxygen atoms in total. The number of alkyl halides is 7. The fraction of sp³-hybridized carbons (Fsp3) is 0.333. The zero-order chi connectivity index (χ0) is 26.1. The van der Waals surface area contributed by atoms with Crippen LogP contribution in [0, 0.1) is 6.92 Å². The van der Waals surface area contributed by atoms with Gasteiger partial charge in [0.1, 0.15) is 0 Å². The Balaban J connectivity index is 2.58. The number of rotatable bonds is 6. The van der Waals surface area contributed by atoms with Gasteiger partial charge in [-0.2, -0.15) is 26.3 Å². The first-order chi connectivity index (χ1) is 15.6. The summed E-state index contributed by atoms with van der Waals surface area (Å²) in [6.45, 7) is 2.51. The number of anilines is 2. The molecule has 0 fully saturated rings. The number of hydrogen-bond donors (Lipinski definition) is 3. The molecular formula is C21H19F7N2O4. The number of halogens is 7. The Hall–Kier alpha value is -3.51. The van der Waals surface area contributed by atoms with Gasteiger partial charge in [0.2, 0.25) is 0 Å². The van der Waals surface area contributed by atoms with Crippen molar-refractivity contribution in [1.82, 2.24) is 0 Å². The summed E-state index contributed by atoms with van der Waals surface area (Å²) in [7, 11) is 1.16. The van der Waals surface area contributed by atoms with Crippen molar-refractivity contribution in [2.75, 3.05) is 17.7 Å². The monoisotopic (exact) mass is 496 g/mol. The topological polar surface area (TPSA) is 87.7 Å². The van der Waals surface area contributed by atoms with E-state index in [1.165, 1.54) is 25.1 Å². The molecule has 0 saturated carbocycles. The molecule has 0 heterocycles. The normalized spacial score (nSPS) is 12.3. The lowest BCUT2D eigenvalue weighted by molar-refractivity contribution is -0.348. The number of carboxylic acid groups (broad SMARTS) is 1. The number of methoxy groups -OCH3 is 1. The maximum Gasteiger partial charge on any atom is 0.435 e. The Morgan fingerprint density at radius 1 is 1.00 bits per heavy atom. The van der Waals surface area contributed by atoms with Crippen LogP contribution in [0.2, 0.25) is 0 Å². The van der Waals surface area contributed by atoms with E-state index in [-0.39, 0.29) is 40.2 Å². The van der Waals surface area contributed by atoms with Gasteiger partial charge in [0.15, 0.2) is 5.75 Å². The van der Waals surface area contributed by atoms with Gasteiger partial charge in [-0.1, -0.05) is 19.1 Å². The summed E-state index contributed by atoms with van der Waals surface area (Å²) < 4.78 is 98.6. The molecule has 0 aliphatic heterocycles. The van der Waals surface area contributed by atoms with Crippen molar-refractivity contribution >= 4 is 23.4 Å². The summed E-state index contributed by atoms with van der Waals surface area (Å²) in [6.07, 6.45) is -14.1. The smallest absolute Gasteiger partial charge is 0.435 e.